The summed E-state index contributed by atoms with van der Waals surface area (Å²) in [4.78, 5) is 15.3. The topological polar surface area (TPSA) is 39.2 Å². The van der Waals surface area contributed by atoms with Crippen LogP contribution in [0.25, 0.3) is 0 Å². The maximum absolute atomic E-state index is 11.4. The summed E-state index contributed by atoms with van der Waals surface area (Å²) < 4.78 is 5.00. The van der Waals surface area contributed by atoms with Crippen molar-refractivity contribution in [1.29, 1.82) is 0 Å². The van der Waals surface area contributed by atoms with E-state index in [9.17, 15) is 4.79 Å². The second-order valence-corrected chi connectivity index (χ2v) is 2.49. The van der Waals surface area contributed by atoms with E-state index >= 15 is 0 Å². The highest BCUT2D eigenvalue weighted by atomic mass is 16.5. The van der Waals surface area contributed by atoms with Gasteiger partial charge in [0.05, 0.1) is 18.9 Å². The molecular formula is C10H11NO2. The Morgan fingerprint density at radius 2 is 2.54 bits per heavy atom. The smallest absolute Gasteiger partial charge is 0.170 e. The van der Waals surface area contributed by atoms with Crippen molar-refractivity contribution in [2.75, 3.05) is 7.11 Å². The number of nitrogens with zero attached hydrogens (tertiary/aromatic N) is 1. The zero-order valence-electron chi connectivity index (χ0n) is 7.49. The minimum absolute atomic E-state index is 0.00532. The third-order valence-electron chi connectivity index (χ3n) is 1.63. The summed E-state index contributed by atoms with van der Waals surface area (Å²) in [5, 5.41) is 0. The molecule has 0 saturated heterocycles. The first kappa shape index (κ1) is 9.45. The number of carbonyl (C=O) groups excluding carboxylic acids is 1. The third kappa shape index (κ3) is 2.15. The summed E-state index contributed by atoms with van der Waals surface area (Å²) in [6.07, 6.45) is 4.98. The molecule has 0 aliphatic carbocycles. The molecule has 3 heteroatoms. The van der Waals surface area contributed by atoms with Crippen LogP contribution in [0, 0.1) is 0 Å². The van der Waals surface area contributed by atoms with Crippen LogP contribution in [0.3, 0.4) is 0 Å². The molecule has 1 aromatic heterocycles. The van der Waals surface area contributed by atoms with Crippen LogP contribution in [-0.2, 0) is 0 Å². The number of hydrogen-bond donors (Lipinski definition) is 0. The number of ketones is 1. The second-order valence-electron chi connectivity index (χ2n) is 2.49. The zero-order chi connectivity index (χ0) is 9.68. The zero-order valence-corrected chi connectivity index (χ0v) is 7.49. The molecule has 0 aliphatic rings. The van der Waals surface area contributed by atoms with E-state index < -0.39 is 0 Å². The highest BCUT2D eigenvalue weighted by Crippen LogP contribution is 2.17. The minimum Gasteiger partial charge on any atom is -0.494 e. The molecule has 0 atom stereocenters. The Labute approximate surface area is 77.1 Å². The lowest BCUT2D eigenvalue weighted by atomic mass is 10.1. The van der Waals surface area contributed by atoms with Crippen molar-refractivity contribution in [2.45, 2.75) is 6.42 Å². The van der Waals surface area contributed by atoms with Crippen molar-refractivity contribution in [2.24, 2.45) is 0 Å². The van der Waals surface area contributed by atoms with Crippen LogP contribution >= 0.6 is 0 Å². The molecule has 0 spiro atoms. The first-order valence-corrected chi connectivity index (χ1v) is 3.91. The summed E-state index contributed by atoms with van der Waals surface area (Å²) in [5.74, 6) is 0.503. The predicted molar refractivity (Wildman–Crippen MR) is 49.9 cm³/mol. The molecule has 13 heavy (non-hydrogen) atoms. The molecule has 0 aliphatic heterocycles. The van der Waals surface area contributed by atoms with Crippen LogP contribution in [0.15, 0.2) is 31.1 Å². The van der Waals surface area contributed by atoms with Crippen molar-refractivity contribution in [1.82, 2.24) is 4.98 Å². The van der Waals surface area contributed by atoms with Gasteiger partial charge in [-0.2, -0.15) is 0 Å². The lowest BCUT2D eigenvalue weighted by Gasteiger charge is -2.04. The van der Waals surface area contributed by atoms with Gasteiger partial charge in [-0.3, -0.25) is 9.78 Å². The standard InChI is InChI=1S/C10H11NO2/c1-3-4-9(12)8-5-6-11-7-10(8)13-2/h3,5-7H,1,4H2,2H3. The number of pyridine rings is 1. The maximum atomic E-state index is 11.4. The number of methoxy groups -OCH3 is 1. The molecular weight excluding hydrogens is 166 g/mol. The van der Waals surface area contributed by atoms with E-state index in [1.54, 1.807) is 18.3 Å². The van der Waals surface area contributed by atoms with E-state index in [-0.39, 0.29) is 5.78 Å². The fourth-order valence-electron chi connectivity index (χ4n) is 1.01. The Bertz CT molecular complexity index is 320. The lowest BCUT2D eigenvalue weighted by molar-refractivity contribution is 0.0993. The van der Waals surface area contributed by atoms with Gasteiger partial charge < -0.3 is 4.74 Å². The first-order valence-electron chi connectivity index (χ1n) is 3.91. The van der Waals surface area contributed by atoms with Crippen LogP contribution in [0.5, 0.6) is 5.75 Å². The van der Waals surface area contributed by atoms with E-state index in [4.69, 9.17) is 4.74 Å². The SMILES string of the molecule is C=CCC(=O)c1ccncc1OC. The van der Waals surface area contributed by atoms with Gasteiger partial charge in [0.1, 0.15) is 5.75 Å². The number of allylic oxidation sites excluding steroid dienone is 1. The normalized spacial score (nSPS) is 9.31. The number of aromatic nitrogens is 1. The number of rotatable bonds is 4. The quantitative estimate of drug-likeness (QED) is 0.520. The number of hydrogen-bond acceptors (Lipinski definition) is 3. The van der Waals surface area contributed by atoms with Crippen molar-refractivity contribution in [3.63, 3.8) is 0 Å². The number of Topliss-reactive ketones (excluding diaryl/α,β-unsaturated/α-hetero) is 1. The summed E-state index contributed by atoms with van der Waals surface area (Å²) in [6, 6.07) is 1.64. The highest BCUT2D eigenvalue weighted by Gasteiger charge is 2.09. The van der Waals surface area contributed by atoms with Crippen molar-refractivity contribution >= 4 is 5.78 Å². The Morgan fingerprint density at radius 3 is 3.15 bits per heavy atom. The largest absolute Gasteiger partial charge is 0.494 e. The van der Waals surface area contributed by atoms with Gasteiger partial charge in [-0.05, 0) is 6.07 Å². The maximum Gasteiger partial charge on any atom is 0.170 e. The molecule has 0 radical (unpaired) electrons. The van der Waals surface area contributed by atoms with Gasteiger partial charge in [0, 0.05) is 12.6 Å². The number of carbonyl (C=O) groups is 1. The van der Waals surface area contributed by atoms with E-state index in [0.717, 1.165) is 0 Å². The molecule has 0 amide bonds. The highest BCUT2D eigenvalue weighted by molar-refractivity contribution is 5.99. The molecule has 0 saturated carbocycles. The van der Waals surface area contributed by atoms with E-state index in [1.807, 2.05) is 0 Å². The van der Waals surface area contributed by atoms with Gasteiger partial charge in [0.25, 0.3) is 0 Å². The molecule has 68 valence electrons. The molecule has 3 nitrogen and oxygen atoms in total. The lowest BCUT2D eigenvalue weighted by Crippen LogP contribution is -2.00. The Morgan fingerprint density at radius 1 is 1.77 bits per heavy atom. The van der Waals surface area contributed by atoms with Crippen molar-refractivity contribution in [3.05, 3.63) is 36.7 Å². The van der Waals surface area contributed by atoms with Crippen LogP contribution in [-0.4, -0.2) is 17.9 Å². The molecule has 1 aromatic rings. The summed E-state index contributed by atoms with van der Waals surface area (Å²) in [6.45, 7) is 3.50. The Kier molecular flexibility index (Phi) is 3.20. The Hall–Kier alpha value is -1.64. The predicted octanol–water partition coefficient (Wildman–Crippen LogP) is 1.85. The van der Waals surface area contributed by atoms with Crippen LogP contribution in [0.1, 0.15) is 16.8 Å². The third-order valence-corrected chi connectivity index (χ3v) is 1.63. The van der Waals surface area contributed by atoms with Crippen molar-refractivity contribution in [3.8, 4) is 5.75 Å². The first-order chi connectivity index (χ1) is 6.29. The molecule has 0 unspecified atom stereocenters. The molecule has 0 bridgehead atoms. The molecule has 0 N–H and O–H groups in total. The number of ether oxygens (including phenoxy) is 1. The Balaban J connectivity index is 2.98. The van der Waals surface area contributed by atoms with Gasteiger partial charge in [-0.25, -0.2) is 0 Å². The molecule has 1 rings (SSSR count). The second kappa shape index (κ2) is 4.40. The van der Waals surface area contributed by atoms with Crippen molar-refractivity contribution < 1.29 is 9.53 Å². The summed E-state index contributed by atoms with van der Waals surface area (Å²) in [7, 11) is 1.52. The van der Waals surface area contributed by atoms with Gasteiger partial charge in [0.15, 0.2) is 5.78 Å². The van der Waals surface area contributed by atoms with E-state index in [0.29, 0.717) is 17.7 Å². The van der Waals surface area contributed by atoms with E-state index in [2.05, 4.69) is 11.6 Å². The van der Waals surface area contributed by atoms with Gasteiger partial charge >= 0.3 is 0 Å². The van der Waals surface area contributed by atoms with E-state index in [1.165, 1.54) is 13.3 Å². The molecule has 0 fully saturated rings. The average molecular weight is 177 g/mol. The average Bonchev–Trinajstić information content (AvgIpc) is 2.18. The van der Waals surface area contributed by atoms with Crippen LogP contribution < -0.4 is 4.74 Å². The van der Waals surface area contributed by atoms with Gasteiger partial charge in [-0.1, -0.05) is 6.08 Å². The summed E-state index contributed by atoms with van der Waals surface area (Å²) in [5.41, 5.74) is 0.553. The van der Waals surface area contributed by atoms with Crippen LogP contribution in [0.4, 0.5) is 0 Å². The van der Waals surface area contributed by atoms with Gasteiger partial charge in [-0.15, -0.1) is 6.58 Å². The molecule has 0 aromatic carbocycles. The molecule has 1 heterocycles. The summed E-state index contributed by atoms with van der Waals surface area (Å²) >= 11 is 0. The fraction of sp³-hybridized carbons (Fsp3) is 0.200. The van der Waals surface area contributed by atoms with Gasteiger partial charge in [0.2, 0.25) is 0 Å². The monoisotopic (exact) mass is 177 g/mol. The fourth-order valence-corrected chi connectivity index (χ4v) is 1.01. The minimum atomic E-state index is -0.00532. The van der Waals surface area contributed by atoms with Crippen LogP contribution in [0.2, 0.25) is 0 Å².